The van der Waals surface area contributed by atoms with Crippen LogP contribution < -0.4 is 15.0 Å². The molecule has 5 rings (SSSR count). The number of anilines is 1. The number of ether oxygens (including phenoxy) is 1. The molecular weight excluding hydrogens is 460 g/mol. The number of hydrogen-bond donors (Lipinski definition) is 3. The lowest BCUT2D eigenvalue weighted by Crippen LogP contribution is -2.61. The molecule has 0 radical (unpaired) electrons. The number of benzene rings is 2. The number of rotatable bonds is 5. The SMILES string of the molecule is CC1(O)CC(NC(=O)O)(c2ccc(-c3nc4c(cc3-c3ccccc3)N(CC#N)C(=O)CO4)cc2)C1. The fourth-order valence-electron chi connectivity index (χ4n) is 5.19. The van der Waals surface area contributed by atoms with Gasteiger partial charge in [-0.1, -0.05) is 54.6 Å². The zero-order chi connectivity index (χ0) is 25.5. The summed E-state index contributed by atoms with van der Waals surface area (Å²) in [7, 11) is 0. The Balaban J connectivity index is 1.60. The van der Waals surface area contributed by atoms with E-state index in [9.17, 15) is 25.1 Å². The highest BCUT2D eigenvalue weighted by molar-refractivity contribution is 5.99. The number of aliphatic hydroxyl groups is 1. The monoisotopic (exact) mass is 484 g/mol. The third-order valence-electron chi connectivity index (χ3n) is 6.63. The minimum atomic E-state index is -1.15. The molecule has 2 amide bonds. The molecule has 2 aliphatic rings. The Bertz CT molecular complexity index is 1370. The second kappa shape index (κ2) is 8.66. The molecule has 1 saturated carbocycles. The summed E-state index contributed by atoms with van der Waals surface area (Å²) in [6.45, 7) is 1.38. The fourth-order valence-corrected chi connectivity index (χ4v) is 5.19. The summed E-state index contributed by atoms with van der Waals surface area (Å²) in [6, 6.07) is 20.8. The number of fused-ring (bicyclic) bond motifs is 1. The molecule has 1 aromatic heterocycles. The van der Waals surface area contributed by atoms with Crippen molar-refractivity contribution in [2.24, 2.45) is 0 Å². The van der Waals surface area contributed by atoms with Crippen molar-refractivity contribution in [3.8, 4) is 34.3 Å². The van der Waals surface area contributed by atoms with E-state index in [1.54, 1.807) is 6.92 Å². The highest BCUT2D eigenvalue weighted by Gasteiger charge is 2.53. The molecule has 2 aromatic carbocycles. The molecule has 182 valence electrons. The van der Waals surface area contributed by atoms with Crippen LogP contribution in [0.1, 0.15) is 25.3 Å². The summed E-state index contributed by atoms with van der Waals surface area (Å²) < 4.78 is 5.62. The molecule has 1 fully saturated rings. The largest absolute Gasteiger partial charge is 0.466 e. The first-order valence-electron chi connectivity index (χ1n) is 11.5. The standard InChI is InChI=1S/C27H24N4O5/c1-26(35)15-27(16-26,30-25(33)34)19-9-7-18(8-10-19)23-20(17-5-3-2-4-6-17)13-21-24(29-23)36-14-22(32)31(21)12-11-28/h2-10,13,30,35H,12,14-16H2,1H3,(H,33,34). The number of carboxylic acid groups (broad SMARTS) is 1. The Morgan fingerprint density at radius 2 is 1.86 bits per heavy atom. The van der Waals surface area contributed by atoms with Gasteiger partial charge in [-0.2, -0.15) is 5.26 Å². The minimum absolute atomic E-state index is 0.110. The van der Waals surface area contributed by atoms with Crippen molar-refractivity contribution in [1.29, 1.82) is 5.26 Å². The van der Waals surface area contributed by atoms with Crippen molar-refractivity contribution in [3.63, 3.8) is 0 Å². The molecule has 0 saturated heterocycles. The van der Waals surface area contributed by atoms with Gasteiger partial charge in [0.1, 0.15) is 12.2 Å². The zero-order valence-corrected chi connectivity index (χ0v) is 19.6. The molecule has 0 bridgehead atoms. The molecule has 0 unspecified atom stereocenters. The summed E-state index contributed by atoms with van der Waals surface area (Å²) in [4.78, 5) is 30.0. The van der Waals surface area contributed by atoms with Crippen LogP contribution in [0.4, 0.5) is 10.5 Å². The van der Waals surface area contributed by atoms with Crippen LogP contribution in [0.15, 0.2) is 60.7 Å². The Morgan fingerprint density at radius 1 is 1.17 bits per heavy atom. The number of pyridine rings is 1. The van der Waals surface area contributed by atoms with Crippen molar-refractivity contribution >= 4 is 17.7 Å². The first-order valence-corrected chi connectivity index (χ1v) is 11.5. The maximum atomic E-state index is 12.4. The van der Waals surface area contributed by atoms with Crippen molar-refractivity contribution in [3.05, 3.63) is 66.2 Å². The van der Waals surface area contributed by atoms with Crippen molar-refractivity contribution in [1.82, 2.24) is 10.3 Å². The molecule has 9 nitrogen and oxygen atoms in total. The third kappa shape index (κ3) is 4.12. The fraction of sp³-hybridized carbons (Fsp3) is 0.259. The number of carbonyl (C=O) groups excluding carboxylic acids is 1. The average Bonchev–Trinajstić information content (AvgIpc) is 2.84. The molecule has 0 atom stereocenters. The Kier molecular flexibility index (Phi) is 5.61. The number of nitriles is 1. The average molecular weight is 485 g/mol. The van der Waals surface area contributed by atoms with E-state index in [-0.39, 0.29) is 37.8 Å². The molecule has 3 aromatic rings. The first-order chi connectivity index (χ1) is 17.2. The maximum Gasteiger partial charge on any atom is 0.405 e. The van der Waals surface area contributed by atoms with Gasteiger partial charge in [0.05, 0.1) is 22.9 Å². The van der Waals surface area contributed by atoms with E-state index >= 15 is 0 Å². The topological polar surface area (TPSA) is 136 Å². The van der Waals surface area contributed by atoms with Gasteiger partial charge >= 0.3 is 6.09 Å². The lowest BCUT2D eigenvalue weighted by molar-refractivity contribution is -0.121. The normalized spacial score (nSPS) is 22.6. The summed E-state index contributed by atoms with van der Waals surface area (Å²) in [5, 5.41) is 31.5. The van der Waals surface area contributed by atoms with Crippen LogP contribution in [-0.4, -0.2) is 46.0 Å². The van der Waals surface area contributed by atoms with Gasteiger partial charge in [-0.05, 0) is 24.1 Å². The molecular formula is C27H24N4O5. The van der Waals surface area contributed by atoms with Crippen LogP contribution in [0.5, 0.6) is 5.88 Å². The Morgan fingerprint density at radius 3 is 2.47 bits per heavy atom. The minimum Gasteiger partial charge on any atom is -0.466 e. The number of carbonyl (C=O) groups is 2. The molecule has 1 aliphatic heterocycles. The molecule has 2 heterocycles. The van der Waals surface area contributed by atoms with Crippen LogP contribution in [-0.2, 0) is 10.3 Å². The second-order valence-corrected chi connectivity index (χ2v) is 9.44. The highest BCUT2D eigenvalue weighted by atomic mass is 16.5. The van der Waals surface area contributed by atoms with Gasteiger partial charge < -0.3 is 20.3 Å². The first kappa shape index (κ1) is 23.3. The molecule has 3 N–H and O–H groups in total. The van der Waals surface area contributed by atoms with Crippen LogP contribution in [0.25, 0.3) is 22.4 Å². The van der Waals surface area contributed by atoms with E-state index in [1.807, 2.05) is 66.7 Å². The van der Waals surface area contributed by atoms with E-state index in [4.69, 9.17) is 9.72 Å². The summed E-state index contributed by atoms with van der Waals surface area (Å²) in [5.41, 5.74) is 2.42. The van der Waals surface area contributed by atoms with E-state index in [0.717, 1.165) is 22.3 Å². The predicted molar refractivity (Wildman–Crippen MR) is 131 cm³/mol. The summed E-state index contributed by atoms with van der Waals surface area (Å²) in [5.74, 6) is -0.0442. The van der Waals surface area contributed by atoms with Gasteiger partial charge in [-0.15, -0.1) is 0 Å². The van der Waals surface area contributed by atoms with E-state index in [2.05, 4.69) is 5.32 Å². The molecule has 36 heavy (non-hydrogen) atoms. The van der Waals surface area contributed by atoms with Gasteiger partial charge in [-0.25, -0.2) is 9.78 Å². The number of nitrogens with zero attached hydrogens (tertiary/aromatic N) is 3. The summed E-state index contributed by atoms with van der Waals surface area (Å²) >= 11 is 0. The molecule has 1 aliphatic carbocycles. The van der Waals surface area contributed by atoms with E-state index < -0.39 is 17.2 Å². The molecule has 9 heteroatoms. The maximum absolute atomic E-state index is 12.4. The second-order valence-electron chi connectivity index (χ2n) is 9.44. The van der Waals surface area contributed by atoms with Gasteiger partial charge in [0, 0.05) is 24.0 Å². The van der Waals surface area contributed by atoms with Crippen molar-refractivity contribution in [2.45, 2.75) is 30.9 Å². The smallest absolute Gasteiger partial charge is 0.405 e. The van der Waals surface area contributed by atoms with Crippen LogP contribution in [0.2, 0.25) is 0 Å². The predicted octanol–water partition coefficient (Wildman–Crippen LogP) is 3.67. The lowest BCUT2D eigenvalue weighted by Gasteiger charge is -2.51. The van der Waals surface area contributed by atoms with Crippen molar-refractivity contribution < 1.29 is 24.5 Å². The zero-order valence-electron chi connectivity index (χ0n) is 19.6. The number of nitrogens with one attached hydrogen (secondary N) is 1. The van der Waals surface area contributed by atoms with Gasteiger partial charge in [0.2, 0.25) is 5.88 Å². The lowest BCUT2D eigenvalue weighted by atomic mass is 9.62. The quantitative estimate of drug-likeness (QED) is 0.470. The van der Waals surface area contributed by atoms with Gasteiger partial charge in [-0.3, -0.25) is 9.69 Å². The number of hydrogen-bond acceptors (Lipinski definition) is 6. The Hall–Kier alpha value is -4.42. The van der Waals surface area contributed by atoms with Gasteiger partial charge in [0.25, 0.3) is 5.91 Å². The Labute approximate surface area is 207 Å². The number of amides is 2. The van der Waals surface area contributed by atoms with Crippen LogP contribution >= 0.6 is 0 Å². The molecule has 0 spiro atoms. The van der Waals surface area contributed by atoms with Crippen molar-refractivity contribution in [2.75, 3.05) is 18.1 Å². The third-order valence-corrected chi connectivity index (χ3v) is 6.63. The highest BCUT2D eigenvalue weighted by Crippen LogP contribution is 2.49. The summed E-state index contributed by atoms with van der Waals surface area (Å²) in [6.07, 6.45) is -0.602. The van der Waals surface area contributed by atoms with Crippen LogP contribution in [0.3, 0.4) is 0 Å². The van der Waals surface area contributed by atoms with Crippen LogP contribution in [0, 0.1) is 11.3 Å². The van der Waals surface area contributed by atoms with E-state index in [1.165, 1.54) is 4.90 Å². The van der Waals surface area contributed by atoms with E-state index in [0.29, 0.717) is 11.4 Å². The van der Waals surface area contributed by atoms with Gasteiger partial charge in [0.15, 0.2) is 6.61 Å². The number of aromatic nitrogens is 1.